The Kier molecular flexibility index (Phi) is 15.6. The molecular weight excluding hydrogens is 328 g/mol. The molecule has 0 aliphatic heterocycles. The van der Waals surface area contributed by atoms with Crippen molar-refractivity contribution in [2.75, 3.05) is 0 Å². The van der Waals surface area contributed by atoms with Gasteiger partial charge in [-0.2, -0.15) is 0 Å². The molecule has 1 aromatic heterocycles. The number of imidazole rings is 1. The van der Waals surface area contributed by atoms with Gasteiger partial charge in [-0.15, -0.1) is 0 Å². The van der Waals surface area contributed by atoms with E-state index in [2.05, 4.69) is 42.3 Å². The highest BCUT2D eigenvalue weighted by Crippen LogP contribution is 2.13. The molecule has 0 N–H and O–H groups in total. The lowest BCUT2D eigenvalue weighted by atomic mass is 10.0. The second-order valence-electron chi connectivity index (χ2n) is 8.45. The van der Waals surface area contributed by atoms with Crippen LogP contribution in [0.15, 0.2) is 12.4 Å². The zero-order valence-electron chi connectivity index (χ0n) is 19.0. The molecule has 0 saturated carbocycles. The molecule has 0 aliphatic rings. The van der Waals surface area contributed by atoms with Crippen LogP contribution in [0.25, 0.3) is 0 Å². The molecule has 0 unspecified atom stereocenters. The first-order chi connectivity index (χ1) is 13.3. The fourth-order valence-electron chi connectivity index (χ4n) is 4.06. The third kappa shape index (κ3) is 11.6. The Labute approximate surface area is 170 Å². The highest BCUT2D eigenvalue weighted by Gasteiger charge is 2.15. The summed E-state index contributed by atoms with van der Waals surface area (Å²) in [6.45, 7) is 9.24. The van der Waals surface area contributed by atoms with E-state index in [4.69, 9.17) is 0 Å². The fourth-order valence-corrected chi connectivity index (χ4v) is 4.06. The van der Waals surface area contributed by atoms with Gasteiger partial charge in [-0.3, -0.25) is 0 Å². The summed E-state index contributed by atoms with van der Waals surface area (Å²) in [6.07, 6.45) is 28.4. The van der Waals surface area contributed by atoms with Gasteiger partial charge >= 0.3 is 0 Å². The van der Waals surface area contributed by atoms with Crippen LogP contribution in [0.4, 0.5) is 0 Å². The van der Waals surface area contributed by atoms with Crippen LogP contribution in [0.5, 0.6) is 0 Å². The van der Waals surface area contributed by atoms with Gasteiger partial charge in [-0.1, -0.05) is 104 Å². The smallest absolute Gasteiger partial charge is 0.234 e. The molecule has 0 aliphatic carbocycles. The van der Waals surface area contributed by atoms with E-state index in [1.807, 2.05) is 0 Å². The lowest BCUT2D eigenvalue weighted by Gasteiger charge is -2.05. The van der Waals surface area contributed by atoms with Crippen molar-refractivity contribution in [1.82, 2.24) is 4.57 Å². The van der Waals surface area contributed by atoms with Gasteiger partial charge in [0.15, 0.2) is 0 Å². The zero-order chi connectivity index (χ0) is 19.6. The Morgan fingerprint density at radius 2 is 1.15 bits per heavy atom. The van der Waals surface area contributed by atoms with Crippen molar-refractivity contribution in [1.29, 1.82) is 0 Å². The van der Waals surface area contributed by atoms with Gasteiger partial charge in [0.2, 0.25) is 0 Å². The van der Waals surface area contributed by atoms with E-state index >= 15 is 0 Å². The van der Waals surface area contributed by atoms with Crippen molar-refractivity contribution >= 4 is 0 Å². The SMILES string of the molecule is CCCCCCCCCCCCCCCc1n(CCCC)cc[n+]1CCC. The minimum Gasteiger partial charge on any atom is -0.234 e. The third-order valence-electron chi connectivity index (χ3n) is 5.81. The van der Waals surface area contributed by atoms with Crippen molar-refractivity contribution in [2.24, 2.45) is 0 Å². The van der Waals surface area contributed by atoms with Gasteiger partial charge in [0.1, 0.15) is 12.4 Å². The first-order valence-electron chi connectivity index (χ1n) is 12.4. The molecule has 27 heavy (non-hydrogen) atoms. The topological polar surface area (TPSA) is 8.81 Å². The quantitative estimate of drug-likeness (QED) is 0.173. The molecule has 0 fully saturated rings. The van der Waals surface area contributed by atoms with E-state index in [9.17, 15) is 0 Å². The van der Waals surface area contributed by atoms with Gasteiger partial charge in [0, 0.05) is 6.42 Å². The Hall–Kier alpha value is -0.790. The van der Waals surface area contributed by atoms with Crippen molar-refractivity contribution in [3.05, 3.63) is 18.2 Å². The largest absolute Gasteiger partial charge is 0.256 e. The first kappa shape index (κ1) is 24.2. The van der Waals surface area contributed by atoms with Gasteiger partial charge in [0.25, 0.3) is 5.82 Å². The van der Waals surface area contributed by atoms with Crippen LogP contribution in [-0.4, -0.2) is 4.57 Å². The van der Waals surface area contributed by atoms with E-state index in [-0.39, 0.29) is 0 Å². The van der Waals surface area contributed by atoms with Crippen LogP contribution in [0, 0.1) is 0 Å². The van der Waals surface area contributed by atoms with Crippen LogP contribution in [0.1, 0.15) is 129 Å². The van der Waals surface area contributed by atoms with Crippen LogP contribution in [-0.2, 0) is 19.5 Å². The maximum atomic E-state index is 2.51. The molecular formula is C25H49N2+. The second kappa shape index (κ2) is 17.3. The number of rotatable bonds is 19. The summed E-state index contributed by atoms with van der Waals surface area (Å²) >= 11 is 0. The minimum atomic E-state index is 1.17. The number of aromatic nitrogens is 2. The maximum Gasteiger partial charge on any atom is 0.256 e. The Bertz CT molecular complexity index is 436. The summed E-state index contributed by atoms with van der Waals surface area (Å²) in [5.41, 5.74) is 0. The van der Waals surface area contributed by atoms with Crippen molar-refractivity contribution in [2.45, 2.75) is 143 Å². The number of hydrogen-bond donors (Lipinski definition) is 0. The summed E-state index contributed by atoms with van der Waals surface area (Å²) in [6, 6.07) is 0. The van der Waals surface area contributed by atoms with E-state index in [1.54, 1.807) is 5.82 Å². The monoisotopic (exact) mass is 377 g/mol. The number of aryl methyl sites for hydroxylation is 2. The van der Waals surface area contributed by atoms with Crippen molar-refractivity contribution < 1.29 is 4.57 Å². The Balaban J connectivity index is 2.06. The van der Waals surface area contributed by atoms with Gasteiger partial charge in [-0.05, 0) is 19.3 Å². The number of nitrogens with zero attached hydrogens (tertiary/aromatic N) is 2. The predicted molar refractivity (Wildman–Crippen MR) is 119 cm³/mol. The Morgan fingerprint density at radius 3 is 1.67 bits per heavy atom. The molecule has 0 atom stereocenters. The van der Waals surface area contributed by atoms with Crippen LogP contribution >= 0.6 is 0 Å². The highest BCUT2D eigenvalue weighted by atomic mass is 15.1. The average molecular weight is 378 g/mol. The molecule has 0 bridgehead atoms. The first-order valence-corrected chi connectivity index (χ1v) is 12.4. The summed E-state index contributed by atoms with van der Waals surface area (Å²) in [4.78, 5) is 0. The van der Waals surface area contributed by atoms with Crippen LogP contribution in [0.2, 0.25) is 0 Å². The lowest BCUT2D eigenvalue weighted by molar-refractivity contribution is -0.703. The Morgan fingerprint density at radius 1 is 0.630 bits per heavy atom. The van der Waals surface area contributed by atoms with Gasteiger partial charge < -0.3 is 0 Å². The summed E-state index contributed by atoms with van der Waals surface area (Å²) in [5, 5.41) is 0. The average Bonchev–Trinajstić information content (AvgIpc) is 3.05. The molecule has 0 radical (unpaired) electrons. The number of unbranched alkanes of at least 4 members (excludes halogenated alkanes) is 13. The molecule has 2 heteroatoms. The van der Waals surface area contributed by atoms with E-state index in [0.717, 1.165) is 0 Å². The van der Waals surface area contributed by atoms with E-state index in [1.165, 1.54) is 122 Å². The molecule has 1 heterocycles. The second-order valence-corrected chi connectivity index (χ2v) is 8.45. The van der Waals surface area contributed by atoms with Gasteiger partial charge in [0.05, 0.1) is 13.1 Å². The third-order valence-corrected chi connectivity index (χ3v) is 5.81. The fraction of sp³-hybridized carbons (Fsp3) is 0.880. The molecule has 0 aromatic carbocycles. The highest BCUT2D eigenvalue weighted by molar-refractivity contribution is 4.84. The summed E-state index contributed by atoms with van der Waals surface area (Å²) in [7, 11) is 0. The van der Waals surface area contributed by atoms with Crippen molar-refractivity contribution in [3.63, 3.8) is 0 Å². The summed E-state index contributed by atoms with van der Waals surface area (Å²) in [5.74, 6) is 1.56. The zero-order valence-corrected chi connectivity index (χ0v) is 19.0. The standard InChI is InChI=1S/C25H49N2/c1-4-7-9-10-11-12-13-14-15-16-17-18-19-20-25-26(21-6-3)23-24-27(25)22-8-5-2/h23-24H,4-22H2,1-3H3/q+1. The van der Waals surface area contributed by atoms with E-state index < -0.39 is 0 Å². The molecule has 1 aromatic rings. The van der Waals surface area contributed by atoms with E-state index in [0.29, 0.717) is 0 Å². The predicted octanol–water partition coefficient (Wildman–Crippen LogP) is 7.62. The van der Waals surface area contributed by atoms with Crippen LogP contribution in [0.3, 0.4) is 0 Å². The summed E-state index contributed by atoms with van der Waals surface area (Å²) < 4.78 is 5.01. The van der Waals surface area contributed by atoms with Crippen molar-refractivity contribution in [3.8, 4) is 0 Å². The maximum absolute atomic E-state index is 2.51. The molecule has 2 nitrogen and oxygen atoms in total. The molecule has 0 spiro atoms. The normalized spacial score (nSPS) is 11.4. The molecule has 1 rings (SSSR count). The van der Waals surface area contributed by atoms with Crippen LogP contribution < -0.4 is 4.57 Å². The number of hydrogen-bond acceptors (Lipinski definition) is 0. The lowest BCUT2D eigenvalue weighted by Crippen LogP contribution is -2.37. The minimum absolute atomic E-state index is 1.17. The molecule has 0 amide bonds. The van der Waals surface area contributed by atoms with Gasteiger partial charge in [-0.25, -0.2) is 9.13 Å². The molecule has 0 saturated heterocycles. The molecule has 158 valence electrons.